The van der Waals surface area contributed by atoms with Crippen molar-refractivity contribution in [1.29, 1.82) is 0 Å². The summed E-state index contributed by atoms with van der Waals surface area (Å²) in [4.78, 5) is 27.7. The molecule has 0 aromatic heterocycles. The van der Waals surface area contributed by atoms with Gasteiger partial charge in [0.1, 0.15) is 11.8 Å². The predicted molar refractivity (Wildman–Crippen MR) is 120 cm³/mol. The molecule has 1 N–H and O–H groups in total. The lowest BCUT2D eigenvalue weighted by atomic mass is 10.1. The van der Waals surface area contributed by atoms with E-state index in [0.29, 0.717) is 18.7 Å². The van der Waals surface area contributed by atoms with Gasteiger partial charge in [0, 0.05) is 12.6 Å². The zero-order valence-corrected chi connectivity index (χ0v) is 18.8. The number of carbonyl (C=O) groups is 2. The largest absolute Gasteiger partial charge is 0.484 e. The van der Waals surface area contributed by atoms with Crippen LogP contribution < -0.4 is 10.1 Å². The summed E-state index contributed by atoms with van der Waals surface area (Å²) in [5, 5.41) is 3.02. The monoisotopic (exact) mass is 410 g/mol. The first-order chi connectivity index (χ1) is 14.3. The molecule has 0 unspecified atom stereocenters. The maximum atomic E-state index is 13.2. The van der Waals surface area contributed by atoms with Crippen molar-refractivity contribution in [3.8, 4) is 5.75 Å². The van der Waals surface area contributed by atoms with Crippen molar-refractivity contribution in [1.82, 2.24) is 10.2 Å². The first-order valence-electron chi connectivity index (χ1n) is 10.7. The maximum absolute atomic E-state index is 13.2. The number of benzene rings is 2. The van der Waals surface area contributed by atoms with E-state index in [1.165, 1.54) is 0 Å². The Labute approximate surface area is 180 Å². The number of carbonyl (C=O) groups excluding carboxylic acids is 2. The maximum Gasteiger partial charge on any atom is 0.261 e. The lowest BCUT2D eigenvalue weighted by Gasteiger charge is -2.31. The Bertz CT molecular complexity index is 833. The fraction of sp³-hybridized carbons (Fsp3) is 0.440. The van der Waals surface area contributed by atoms with Gasteiger partial charge >= 0.3 is 0 Å². The van der Waals surface area contributed by atoms with Crippen LogP contribution in [-0.4, -0.2) is 35.4 Å². The van der Waals surface area contributed by atoms with Crippen LogP contribution in [0.3, 0.4) is 0 Å². The third kappa shape index (κ3) is 6.90. The van der Waals surface area contributed by atoms with E-state index in [4.69, 9.17) is 4.74 Å². The lowest BCUT2D eigenvalue weighted by molar-refractivity contribution is -0.143. The van der Waals surface area contributed by atoms with Gasteiger partial charge in [-0.2, -0.15) is 0 Å². The van der Waals surface area contributed by atoms with Crippen LogP contribution in [0.25, 0.3) is 0 Å². The van der Waals surface area contributed by atoms with Crippen LogP contribution in [0.15, 0.2) is 48.5 Å². The molecule has 0 fully saturated rings. The molecule has 0 bridgehead atoms. The molecule has 0 radical (unpaired) electrons. The Morgan fingerprint density at radius 2 is 1.70 bits per heavy atom. The topological polar surface area (TPSA) is 58.6 Å². The highest BCUT2D eigenvalue weighted by atomic mass is 16.5. The second kappa shape index (κ2) is 11.4. The smallest absolute Gasteiger partial charge is 0.261 e. The number of rotatable bonds is 10. The van der Waals surface area contributed by atoms with Gasteiger partial charge in [0.25, 0.3) is 5.91 Å². The molecule has 0 heterocycles. The minimum atomic E-state index is -0.547. The van der Waals surface area contributed by atoms with Crippen LogP contribution >= 0.6 is 0 Å². The molecule has 30 heavy (non-hydrogen) atoms. The second-order valence-electron chi connectivity index (χ2n) is 7.85. The van der Waals surface area contributed by atoms with Crippen LogP contribution in [-0.2, 0) is 16.1 Å². The highest BCUT2D eigenvalue weighted by Crippen LogP contribution is 2.16. The van der Waals surface area contributed by atoms with E-state index in [2.05, 4.69) is 5.32 Å². The molecule has 0 saturated carbocycles. The zero-order chi connectivity index (χ0) is 22.1. The van der Waals surface area contributed by atoms with Crippen molar-refractivity contribution in [2.75, 3.05) is 6.61 Å². The molecule has 2 aromatic carbocycles. The summed E-state index contributed by atoms with van der Waals surface area (Å²) in [6.07, 6.45) is 1.37. The summed E-state index contributed by atoms with van der Waals surface area (Å²) < 4.78 is 5.74. The number of amides is 2. The van der Waals surface area contributed by atoms with Gasteiger partial charge in [-0.3, -0.25) is 9.59 Å². The van der Waals surface area contributed by atoms with Crippen molar-refractivity contribution in [3.63, 3.8) is 0 Å². The van der Waals surface area contributed by atoms with Crippen molar-refractivity contribution < 1.29 is 14.3 Å². The van der Waals surface area contributed by atoms with Gasteiger partial charge < -0.3 is 15.0 Å². The Morgan fingerprint density at radius 1 is 1.00 bits per heavy atom. The van der Waals surface area contributed by atoms with Crippen molar-refractivity contribution >= 4 is 11.8 Å². The second-order valence-corrected chi connectivity index (χ2v) is 7.85. The van der Waals surface area contributed by atoms with Gasteiger partial charge in [-0.05, 0) is 56.9 Å². The molecular formula is C25H34N2O3. The van der Waals surface area contributed by atoms with Gasteiger partial charge in [0.05, 0.1) is 0 Å². The van der Waals surface area contributed by atoms with Crippen LogP contribution in [0, 0.1) is 13.8 Å². The molecule has 162 valence electrons. The molecule has 0 aliphatic carbocycles. The Morgan fingerprint density at radius 3 is 2.30 bits per heavy atom. The average molecular weight is 411 g/mol. The number of aryl methyl sites for hydroxylation is 2. The van der Waals surface area contributed by atoms with E-state index < -0.39 is 6.04 Å². The zero-order valence-electron chi connectivity index (χ0n) is 18.8. The van der Waals surface area contributed by atoms with Crippen LogP contribution in [0.5, 0.6) is 5.75 Å². The molecule has 2 aromatic rings. The number of hydrogen-bond donors (Lipinski definition) is 1. The van der Waals surface area contributed by atoms with E-state index in [9.17, 15) is 9.59 Å². The molecule has 2 rings (SSSR count). The number of nitrogens with zero attached hydrogens (tertiary/aromatic N) is 1. The molecule has 0 aliphatic heterocycles. The van der Waals surface area contributed by atoms with Crippen LogP contribution in [0.1, 0.15) is 50.3 Å². The summed E-state index contributed by atoms with van der Waals surface area (Å²) in [5.41, 5.74) is 3.20. The third-order valence-corrected chi connectivity index (χ3v) is 5.21. The van der Waals surface area contributed by atoms with Gasteiger partial charge in [-0.15, -0.1) is 0 Å². The SMILES string of the molecule is CC[C@@H](C)NC(=O)[C@@H](CC)N(Cc1ccc(C)cc1)C(=O)COc1cccc(C)c1. The summed E-state index contributed by atoms with van der Waals surface area (Å²) in [5.74, 6) is 0.321. The molecule has 0 spiro atoms. The highest BCUT2D eigenvalue weighted by molar-refractivity contribution is 5.88. The fourth-order valence-corrected chi connectivity index (χ4v) is 3.18. The fourth-order valence-electron chi connectivity index (χ4n) is 3.18. The molecule has 0 saturated heterocycles. The quantitative estimate of drug-likeness (QED) is 0.631. The van der Waals surface area contributed by atoms with Gasteiger partial charge in [-0.25, -0.2) is 0 Å². The summed E-state index contributed by atoms with van der Waals surface area (Å²) >= 11 is 0. The van der Waals surface area contributed by atoms with Crippen molar-refractivity contribution in [2.45, 2.75) is 66.1 Å². The van der Waals surface area contributed by atoms with Gasteiger partial charge in [-0.1, -0.05) is 55.8 Å². The summed E-state index contributed by atoms with van der Waals surface area (Å²) in [6.45, 7) is 10.2. The minimum absolute atomic E-state index is 0.0615. The van der Waals surface area contributed by atoms with Crippen LogP contribution in [0.2, 0.25) is 0 Å². The predicted octanol–water partition coefficient (Wildman–Crippen LogP) is 4.40. The average Bonchev–Trinajstić information content (AvgIpc) is 2.73. The molecule has 0 aliphatic rings. The summed E-state index contributed by atoms with van der Waals surface area (Å²) in [7, 11) is 0. The number of nitrogens with one attached hydrogen (secondary N) is 1. The number of ether oxygens (including phenoxy) is 1. The standard InChI is InChI=1S/C25H34N2O3/c1-6-20(5)26-25(29)23(7-2)27(16-21-13-11-18(3)12-14-21)24(28)17-30-22-10-8-9-19(4)15-22/h8-15,20,23H,6-7,16-17H2,1-5H3,(H,26,29)/t20-,23-/m1/s1. The Balaban J connectivity index is 2.20. The van der Waals surface area contributed by atoms with E-state index in [1.807, 2.05) is 83.1 Å². The van der Waals surface area contributed by atoms with E-state index in [-0.39, 0.29) is 24.5 Å². The molecule has 5 heteroatoms. The lowest BCUT2D eigenvalue weighted by Crippen LogP contribution is -2.51. The van der Waals surface area contributed by atoms with Crippen LogP contribution in [0.4, 0.5) is 0 Å². The minimum Gasteiger partial charge on any atom is -0.484 e. The van der Waals surface area contributed by atoms with E-state index >= 15 is 0 Å². The number of hydrogen-bond acceptors (Lipinski definition) is 3. The van der Waals surface area contributed by atoms with Crippen molar-refractivity contribution in [3.05, 3.63) is 65.2 Å². The first-order valence-corrected chi connectivity index (χ1v) is 10.7. The normalized spacial score (nSPS) is 12.7. The van der Waals surface area contributed by atoms with Gasteiger partial charge in [0.15, 0.2) is 6.61 Å². The van der Waals surface area contributed by atoms with Gasteiger partial charge in [0.2, 0.25) is 5.91 Å². The molecule has 2 atom stereocenters. The molecule has 5 nitrogen and oxygen atoms in total. The van der Waals surface area contributed by atoms with E-state index in [0.717, 1.165) is 23.1 Å². The molecular weight excluding hydrogens is 376 g/mol. The van der Waals surface area contributed by atoms with E-state index in [1.54, 1.807) is 4.90 Å². The third-order valence-electron chi connectivity index (χ3n) is 5.21. The summed E-state index contributed by atoms with van der Waals surface area (Å²) in [6, 6.07) is 15.1. The highest BCUT2D eigenvalue weighted by Gasteiger charge is 2.29. The molecule has 2 amide bonds. The Hall–Kier alpha value is -2.82. The first kappa shape index (κ1) is 23.5. The Kier molecular flexibility index (Phi) is 8.90. The van der Waals surface area contributed by atoms with Crippen molar-refractivity contribution in [2.24, 2.45) is 0 Å².